The first kappa shape index (κ1) is 46.1. The van der Waals surface area contributed by atoms with Gasteiger partial charge in [-0.3, -0.25) is 0 Å². The second-order valence-corrected chi connectivity index (χ2v) is 22.6. The van der Waals surface area contributed by atoms with Crippen molar-refractivity contribution in [1.29, 1.82) is 0 Å². The van der Waals surface area contributed by atoms with Crippen LogP contribution in [0.25, 0.3) is 93.9 Å². The Hall–Kier alpha value is -10.7. The second-order valence-electron chi connectivity index (χ2n) is 22.6. The van der Waals surface area contributed by atoms with Crippen molar-refractivity contribution in [2.24, 2.45) is 0 Å². The molecule has 1 unspecified atom stereocenters. The summed E-state index contributed by atoms with van der Waals surface area (Å²) in [4.78, 5) is 2.48. The van der Waals surface area contributed by atoms with Gasteiger partial charge in [0.2, 0.25) is 0 Å². The molecule has 2 aromatic heterocycles. The zero-order valence-corrected chi connectivity index (χ0v) is 45.2. The fourth-order valence-corrected chi connectivity index (χ4v) is 15.4. The van der Waals surface area contributed by atoms with E-state index in [0.29, 0.717) is 0 Å². The quantitative estimate of drug-likeness (QED) is 0.159. The van der Waals surface area contributed by atoms with E-state index in [-0.39, 0.29) is 0 Å². The molecule has 3 nitrogen and oxygen atoms in total. The maximum Gasteiger partial charge on any atom is 0.143 e. The van der Waals surface area contributed by atoms with Crippen molar-refractivity contribution in [3.05, 3.63) is 348 Å². The molecule has 0 saturated heterocycles. The van der Waals surface area contributed by atoms with Crippen LogP contribution < -0.4 is 4.90 Å². The molecule has 0 amide bonds. The zero-order valence-electron chi connectivity index (χ0n) is 45.2. The number of aromatic nitrogens is 1. The van der Waals surface area contributed by atoms with E-state index in [9.17, 15) is 0 Å². The largest absolute Gasteiger partial charge is 0.455 e. The highest BCUT2D eigenvalue weighted by atomic mass is 16.3. The van der Waals surface area contributed by atoms with Crippen molar-refractivity contribution in [1.82, 2.24) is 4.57 Å². The number of fused-ring (bicyclic) bond motifs is 18. The lowest BCUT2D eigenvalue weighted by atomic mass is 9.65. The monoisotopic (exact) mass is 1050 g/mol. The molecule has 0 bridgehead atoms. The number of hydrogen-bond acceptors (Lipinski definition) is 2. The first-order chi connectivity index (χ1) is 41.2. The van der Waals surface area contributed by atoms with Gasteiger partial charge >= 0.3 is 0 Å². The van der Waals surface area contributed by atoms with E-state index in [4.69, 9.17) is 4.42 Å². The lowest BCUT2D eigenvalue weighted by Crippen LogP contribution is -2.33. The van der Waals surface area contributed by atoms with Crippen LogP contribution in [0.1, 0.15) is 44.5 Å². The normalized spacial score (nSPS) is 14.9. The standard InChI is InChI=1S/C80H50N2O/c1-3-20-54(21-4-1)79(55-22-5-2-6-23-55)67-32-12-8-27-65(67)76-69(79)34-19-38-74(76)81(57-47-42-52(43-48-57)58-28-17-30-64-62-26-10-16-39-75(62)83-78(58)64)56-45-40-51(41-46-56)53-44-49-60-59-24-7-11-31-66(59)80(71(60)50-53)68-33-13-15-37-73(68)82-72-36-14-9-25-61(72)63-29-18-35-70(80)77(63)82/h1-50H. The number of rotatable bonds is 7. The Kier molecular flexibility index (Phi) is 9.64. The molecular formula is C80H50N2O. The van der Waals surface area contributed by atoms with Gasteiger partial charge in [0.25, 0.3) is 0 Å². The van der Waals surface area contributed by atoms with Crippen LogP contribution in [-0.4, -0.2) is 4.57 Å². The average molecular weight is 1060 g/mol. The number of furan rings is 1. The zero-order chi connectivity index (χ0) is 54.4. The molecule has 1 atom stereocenters. The molecule has 2 aliphatic carbocycles. The maximum atomic E-state index is 6.59. The maximum absolute atomic E-state index is 6.59. The van der Waals surface area contributed by atoms with Crippen LogP contribution in [0.2, 0.25) is 0 Å². The minimum atomic E-state index is -0.555. The van der Waals surface area contributed by atoms with E-state index < -0.39 is 10.8 Å². The number of benzene rings is 13. The highest BCUT2D eigenvalue weighted by Gasteiger charge is 2.51. The molecule has 15 aromatic rings. The van der Waals surface area contributed by atoms with E-state index >= 15 is 0 Å². The van der Waals surface area contributed by atoms with Crippen molar-refractivity contribution >= 4 is 60.8 Å². The minimum Gasteiger partial charge on any atom is -0.455 e. The van der Waals surface area contributed by atoms with Gasteiger partial charge in [-0.1, -0.05) is 249 Å². The number of anilines is 3. The Labute approximate surface area is 480 Å². The van der Waals surface area contributed by atoms with Crippen LogP contribution in [0.5, 0.6) is 0 Å². The fourth-order valence-electron chi connectivity index (χ4n) is 15.4. The van der Waals surface area contributed by atoms with Crippen molar-refractivity contribution in [2.45, 2.75) is 10.8 Å². The molecule has 83 heavy (non-hydrogen) atoms. The summed E-state index contributed by atoms with van der Waals surface area (Å²) in [6.07, 6.45) is 0. The first-order valence-corrected chi connectivity index (χ1v) is 28.8. The topological polar surface area (TPSA) is 21.3 Å². The van der Waals surface area contributed by atoms with Gasteiger partial charge in [-0.05, 0) is 132 Å². The van der Waals surface area contributed by atoms with E-state index in [1.165, 1.54) is 99.8 Å². The summed E-state index contributed by atoms with van der Waals surface area (Å²) in [6.45, 7) is 0. The Morgan fingerprint density at radius 2 is 0.843 bits per heavy atom. The minimum absolute atomic E-state index is 0.542. The molecule has 0 fully saturated rings. The van der Waals surface area contributed by atoms with Gasteiger partial charge in [-0.15, -0.1) is 0 Å². The molecule has 0 radical (unpaired) electrons. The van der Waals surface area contributed by atoms with Crippen LogP contribution >= 0.6 is 0 Å². The van der Waals surface area contributed by atoms with E-state index in [1.807, 2.05) is 6.07 Å². The van der Waals surface area contributed by atoms with Crippen LogP contribution in [0.4, 0.5) is 17.1 Å². The van der Waals surface area contributed by atoms with Crippen molar-refractivity contribution in [2.75, 3.05) is 4.90 Å². The van der Waals surface area contributed by atoms with Crippen LogP contribution in [-0.2, 0) is 10.8 Å². The number of para-hydroxylation sites is 5. The predicted molar refractivity (Wildman–Crippen MR) is 342 cm³/mol. The number of nitrogens with zero attached hydrogens (tertiary/aromatic N) is 2. The van der Waals surface area contributed by atoms with Crippen LogP contribution in [0, 0.1) is 0 Å². The molecule has 0 N–H and O–H groups in total. The summed E-state index contributed by atoms with van der Waals surface area (Å²) in [5.41, 5.74) is 27.5. The molecular weight excluding hydrogens is 1000 g/mol. The predicted octanol–water partition coefficient (Wildman–Crippen LogP) is 20.5. The highest BCUT2D eigenvalue weighted by molar-refractivity contribution is 6.13. The van der Waals surface area contributed by atoms with E-state index in [1.54, 1.807) is 0 Å². The van der Waals surface area contributed by atoms with Crippen LogP contribution in [0.15, 0.2) is 308 Å². The lowest BCUT2D eigenvalue weighted by molar-refractivity contribution is 0.670. The molecule has 0 saturated carbocycles. The summed E-state index contributed by atoms with van der Waals surface area (Å²) in [5.74, 6) is 0. The molecule has 13 aromatic carbocycles. The van der Waals surface area contributed by atoms with Crippen LogP contribution in [0.3, 0.4) is 0 Å². The molecule has 1 spiro atoms. The Morgan fingerprint density at radius 1 is 0.313 bits per heavy atom. The average Bonchev–Trinajstić information content (AvgIpc) is 1.88. The van der Waals surface area contributed by atoms with Crippen molar-refractivity contribution in [3.8, 4) is 50.2 Å². The fraction of sp³-hybridized carbons (Fsp3) is 0.0250. The number of hydrogen-bond donors (Lipinski definition) is 0. The summed E-state index contributed by atoms with van der Waals surface area (Å²) >= 11 is 0. The summed E-state index contributed by atoms with van der Waals surface area (Å²) in [7, 11) is 0. The Balaban J connectivity index is 0.827. The third-order valence-corrected chi connectivity index (χ3v) is 18.7. The van der Waals surface area contributed by atoms with Crippen molar-refractivity contribution < 1.29 is 4.42 Å². The molecule has 3 heteroatoms. The van der Waals surface area contributed by atoms with Crippen molar-refractivity contribution in [3.63, 3.8) is 0 Å². The highest BCUT2D eigenvalue weighted by Crippen LogP contribution is 2.63. The van der Waals surface area contributed by atoms with E-state index in [0.717, 1.165) is 55.7 Å². The van der Waals surface area contributed by atoms with Gasteiger partial charge in [-0.25, -0.2) is 0 Å². The SMILES string of the molecule is c1ccc(C2(c3ccccc3)c3ccccc3-c3c(N(c4ccc(-c5ccc6c(c5)C5(c7ccccc7-6)c6ccccc6-n6c7ccccc7c7cccc5c76)cc4)c4ccc(-c5cccc6c5oc5ccccc56)cc4)cccc32)cc1. The summed E-state index contributed by atoms with van der Waals surface area (Å²) < 4.78 is 9.12. The van der Waals surface area contributed by atoms with Gasteiger partial charge in [-0.2, -0.15) is 0 Å². The first-order valence-electron chi connectivity index (χ1n) is 28.8. The van der Waals surface area contributed by atoms with Gasteiger partial charge < -0.3 is 13.9 Å². The molecule has 386 valence electrons. The third kappa shape index (κ3) is 6.18. The molecule has 3 heterocycles. The van der Waals surface area contributed by atoms with Gasteiger partial charge in [0.05, 0.1) is 33.2 Å². The Bertz CT molecular complexity index is 5110. The van der Waals surface area contributed by atoms with Gasteiger partial charge in [0.1, 0.15) is 11.2 Å². The molecule has 3 aliphatic rings. The third-order valence-electron chi connectivity index (χ3n) is 18.7. The molecule has 1 aliphatic heterocycles. The lowest BCUT2D eigenvalue weighted by Gasteiger charge is -2.39. The smallest absolute Gasteiger partial charge is 0.143 e. The molecule has 18 rings (SSSR count). The summed E-state index contributed by atoms with van der Waals surface area (Å²) in [5, 5.41) is 4.81. The second kappa shape index (κ2) is 17.4. The Morgan fingerprint density at radius 3 is 1.61 bits per heavy atom. The van der Waals surface area contributed by atoms with E-state index in [2.05, 4.69) is 307 Å². The summed E-state index contributed by atoms with van der Waals surface area (Å²) in [6, 6.07) is 113. The van der Waals surface area contributed by atoms with Gasteiger partial charge in [0.15, 0.2) is 0 Å². The van der Waals surface area contributed by atoms with Gasteiger partial charge in [0, 0.05) is 44.0 Å².